The normalized spacial score (nSPS) is 44.7. The number of ether oxygens (including phenoxy) is 2. The lowest BCUT2D eigenvalue weighted by molar-refractivity contribution is -0.369. The number of hydrogen-bond acceptors (Lipinski definition) is 7. The molecule has 192 valence electrons. The summed E-state index contributed by atoms with van der Waals surface area (Å²) in [4.78, 5) is 27.0. The van der Waals surface area contributed by atoms with E-state index in [1.54, 1.807) is 38.1 Å². The fourth-order valence-electron chi connectivity index (χ4n) is 7.18. The third-order valence-corrected chi connectivity index (χ3v) is 9.59. The minimum Gasteiger partial charge on any atom is -0.456 e. The molecule has 1 aromatic rings. The van der Waals surface area contributed by atoms with E-state index in [2.05, 4.69) is 22.5 Å². The first-order chi connectivity index (χ1) is 16.1. The van der Waals surface area contributed by atoms with Crippen molar-refractivity contribution in [3.8, 4) is 0 Å². The van der Waals surface area contributed by atoms with Gasteiger partial charge in [-0.3, -0.25) is 4.79 Å². The van der Waals surface area contributed by atoms with Crippen LogP contribution in [0.4, 0.5) is 0 Å². The summed E-state index contributed by atoms with van der Waals surface area (Å²) in [6.45, 7) is 12.5. The van der Waals surface area contributed by atoms with Crippen LogP contribution in [0.3, 0.4) is 0 Å². The van der Waals surface area contributed by atoms with Gasteiger partial charge >= 0.3 is 5.97 Å². The predicted octanol–water partition coefficient (Wildman–Crippen LogP) is 3.58. The Morgan fingerprint density at radius 2 is 1.77 bits per heavy atom. The molecule has 1 aliphatic heterocycles. The van der Waals surface area contributed by atoms with Gasteiger partial charge < -0.3 is 24.8 Å². The maximum Gasteiger partial charge on any atom is 0.338 e. The zero-order valence-electron chi connectivity index (χ0n) is 20.9. The lowest BCUT2D eigenvalue weighted by Gasteiger charge is -2.71. The average Bonchev–Trinajstić information content (AvgIpc) is 2.78. The van der Waals surface area contributed by atoms with Gasteiger partial charge in [-0.2, -0.15) is 0 Å². The number of benzene rings is 1. The van der Waals surface area contributed by atoms with E-state index in [1.807, 2.05) is 13.8 Å². The van der Waals surface area contributed by atoms with Crippen LogP contribution in [0.2, 0.25) is 0 Å². The monoisotopic (exact) mass is 550 g/mol. The van der Waals surface area contributed by atoms with Crippen molar-refractivity contribution in [2.45, 2.75) is 89.0 Å². The number of hydrogen-bond donors (Lipinski definition) is 3. The first-order valence-corrected chi connectivity index (χ1v) is 12.8. The van der Waals surface area contributed by atoms with Crippen molar-refractivity contribution in [1.82, 2.24) is 0 Å². The fourth-order valence-corrected chi connectivity index (χ4v) is 7.45. The van der Waals surface area contributed by atoms with Crippen molar-refractivity contribution in [2.24, 2.45) is 16.7 Å². The van der Waals surface area contributed by atoms with E-state index in [0.29, 0.717) is 18.4 Å². The minimum absolute atomic E-state index is 0.159. The number of Topliss-reactive ketones (excluding diaryl/α,β-unsaturated/α-hetero) is 1. The third-order valence-electron chi connectivity index (χ3n) is 9.06. The summed E-state index contributed by atoms with van der Waals surface area (Å²) in [5.74, 6) is -1.93. The van der Waals surface area contributed by atoms with Crippen LogP contribution in [0, 0.1) is 16.7 Å². The number of fused-ring (bicyclic) bond motifs is 3. The van der Waals surface area contributed by atoms with Crippen LogP contribution in [0.1, 0.15) is 64.2 Å². The van der Waals surface area contributed by atoms with E-state index < -0.39 is 63.6 Å². The molecular weight excluding hydrogens is 516 g/mol. The third kappa shape index (κ3) is 3.51. The van der Waals surface area contributed by atoms with Crippen molar-refractivity contribution >= 4 is 27.7 Å². The van der Waals surface area contributed by atoms with Gasteiger partial charge in [0.1, 0.15) is 17.8 Å². The molecule has 0 aromatic heterocycles. The molecule has 1 aromatic carbocycles. The maximum atomic E-state index is 13.8. The molecule has 0 unspecified atom stereocenters. The van der Waals surface area contributed by atoms with Crippen LogP contribution >= 0.6 is 15.9 Å². The zero-order chi connectivity index (χ0) is 26.2. The molecule has 8 heteroatoms. The van der Waals surface area contributed by atoms with Gasteiger partial charge in [-0.25, -0.2) is 4.79 Å². The van der Waals surface area contributed by atoms with Crippen LogP contribution in [-0.4, -0.2) is 62.2 Å². The van der Waals surface area contributed by atoms with Crippen molar-refractivity contribution in [1.29, 1.82) is 0 Å². The first kappa shape index (κ1) is 26.5. The Kier molecular flexibility index (Phi) is 6.22. The Labute approximate surface area is 214 Å². The van der Waals surface area contributed by atoms with Gasteiger partial charge in [0.25, 0.3) is 0 Å². The van der Waals surface area contributed by atoms with Gasteiger partial charge in [0, 0.05) is 22.2 Å². The fraction of sp³-hybridized carbons (Fsp3) is 0.630. The molecule has 2 aliphatic carbocycles. The molecule has 0 radical (unpaired) electrons. The molecule has 0 bridgehead atoms. The Morgan fingerprint density at radius 1 is 1.17 bits per heavy atom. The summed E-state index contributed by atoms with van der Waals surface area (Å²) < 4.78 is 13.1. The van der Waals surface area contributed by atoms with Crippen LogP contribution in [0.5, 0.6) is 0 Å². The molecule has 8 atom stereocenters. The first-order valence-electron chi connectivity index (χ1n) is 12.0. The topological polar surface area (TPSA) is 113 Å². The second-order valence-electron chi connectivity index (χ2n) is 11.7. The van der Waals surface area contributed by atoms with Gasteiger partial charge in [-0.1, -0.05) is 42.8 Å². The minimum atomic E-state index is -2.23. The summed E-state index contributed by atoms with van der Waals surface area (Å²) in [5, 5.41) is 35.5. The summed E-state index contributed by atoms with van der Waals surface area (Å²) in [6.07, 6.45) is -1.60. The Bertz CT molecular complexity index is 1050. The van der Waals surface area contributed by atoms with Gasteiger partial charge in [0.05, 0.1) is 17.3 Å². The standard InChI is InChI=1S/C27H35BrO7/c1-7-24(4)14-18(30)27(33)25(5)17(29)12-13-23(2,3)20(25)19(21(31)26(27,6)35-24)34-22(32)15-8-10-16(28)11-9-15/h7-11,17,19-21,29,31,33H,1,12-14H2,2-6H3/t17-,19-,20-,21-,24-,25-,26+,27-/m0/s1. The number of aliphatic hydroxyl groups is 3. The summed E-state index contributed by atoms with van der Waals surface area (Å²) in [5.41, 5.74) is -7.03. The number of carbonyl (C=O) groups is 2. The smallest absolute Gasteiger partial charge is 0.338 e. The molecule has 0 amide bonds. The SMILES string of the molecule is C=C[C@@]1(C)CC(=O)[C@]2(O)[C@@]3(C)[C@@H](O)CCC(C)(C)[C@@H]3[C@H](OC(=O)c3ccc(Br)cc3)[C@H](O)[C@@]2(C)O1. The highest BCUT2D eigenvalue weighted by molar-refractivity contribution is 9.10. The molecule has 7 nitrogen and oxygen atoms in total. The van der Waals surface area contributed by atoms with Gasteiger partial charge in [0.15, 0.2) is 11.4 Å². The molecule has 3 fully saturated rings. The van der Waals surface area contributed by atoms with Crippen LogP contribution < -0.4 is 0 Å². The average molecular weight is 551 g/mol. The van der Waals surface area contributed by atoms with Crippen LogP contribution in [-0.2, 0) is 14.3 Å². The van der Waals surface area contributed by atoms with E-state index >= 15 is 0 Å². The largest absolute Gasteiger partial charge is 0.456 e. The maximum absolute atomic E-state index is 13.8. The van der Waals surface area contributed by atoms with Crippen LogP contribution in [0.15, 0.2) is 41.4 Å². The molecule has 2 saturated carbocycles. The zero-order valence-corrected chi connectivity index (χ0v) is 22.5. The molecule has 3 N–H and O–H groups in total. The molecule has 35 heavy (non-hydrogen) atoms. The van der Waals surface area contributed by atoms with Crippen LogP contribution in [0.25, 0.3) is 0 Å². The van der Waals surface area contributed by atoms with Crippen molar-refractivity contribution in [3.05, 3.63) is 47.0 Å². The Balaban J connectivity index is 1.90. The lowest BCUT2D eigenvalue weighted by atomic mass is 9.40. The van der Waals surface area contributed by atoms with E-state index in [-0.39, 0.29) is 6.42 Å². The van der Waals surface area contributed by atoms with E-state index in [1.165, 1.54) is 13.0 Å². The van der Waals surface area contributed by atoms with Gasteiger partial charge in [-0.05, 0) is 56.4 Å². The Hall–Kier alpha value is -1.58. The number of ketones is 1. The molecule has 3 aliphatic rings. The van der Waals surface area contributed by atoms with E-state index in [9.17, 15) is 24.9 Å². The quantitative estimate of drug-likeness (QED) is 0.389. The van der Waals surface area contributed by atoms with Crippen molar-refractivity contribution in [3.63, 3.8) is 0 Å². The number of rotatable bonds is 3. The molecule has 4 rings (SSSR count). The van der Waals surface area contributed by atoms with E-state index in [0.717, 1.165) is 4.47 Å². The highest BCUT2D eigenvalue weighted by Gasteiger charge is 2.81. The molecule has 1 saturated heterocycles. The van der Waals surface area contributed by atoms with Crippen molar-refractivity contribution in [2.75, 3.05) is 0 Å². The highest BCUT2D eigenvalue weighted by atomic mass is 79.9. The lowest BCUT2D eigenvalue weighted by Crippen LogP contribution is -2.86. The predicted molar refractivity (Wildman–Crippen MR) is 133 cm³/mol. The van der Waals surface area contributed by atoms with Gasteiger partial charge in [0.2, 0.25) is 0 Å². The van der Waals surface area contributed by atoms with E-state index in [4.69, 9.17) is 9.47 Å². The number of halogens is 1. The summed E-state index contributed by atoms with van der Waals surface area (Å²) >= 11 is 3.35. The number of carbonyl (C=O) groups excluding carboxylic acids is 2. The van der Waals surface area contributed by atoms with Gasteiger partial charge in [-0.15, -0.1) is 6.58 Å². The highest BCUT2D eigenvalue weighted by Crippen LogP contribution is 2.67. The second-order valence-corrected chi connectivity index (χ2v) is 12.6. The number of aliphatic hydroxyl groups excluding tert-OH is 2. The second kappa shape index (κ2) is 8.21. The summed E-state index contributed by atoms with van der Waals surface area (Å²) in [6, 6.07) is 6.64. The molecular formula is C27H35BrO7. The summed E-state index contributed by atoms with van der Waals surface area (Å²) in [7, 11) is 0. The molecule has 1 heterocycles. The Morgan fingerprint density at radius 3 is 2.34 bits per heavy atom. The number of esters is 1. The molecule has 0 spiro atoms. The van der Waals surface area contributed by atoms with Crippen molar-refractivity contribution < 1.29 is 34.4 Å².